The van der Waals surface area contributed by atoms with E-state index < -0.39 is 5.60 Å². The molecule has 1 N–H and O–H groups in total. The molecule has 4 aliphatic carbocycles. The van der Waals surface area contributed by atoms with Crippen LogP contribution in [-0.2, 0) is 4.79 Å². The van der Waals surface area contributed by atoms with Crippen LogP contribution in [0.4, 0.5) is 5.69 Å². The largest absolute Gasteiger partial charge is 0.378 e. The van der Waals surface area contributed by atoms with Crippen LogP contribution in [0.2, 0.25) is 0 Å². The highest BCUT2D eigenvalue weighted by Crippen LogP contribution is 2.66. The molecule has 2 fully saturated rings. The smallest absolute Gasteiger partial charge is 0.156 e. The standard InChI is InChI=1S/C29H35NO2/c1-5-15-29(32)16-14-26-24-12-8-20-17-22(31)11-13-23(20)27(24)25(18-28(26,29)2)19-6-9-21(10-7-19)30(3)4/h6-7,9-10,17,24-26,32H,8,11-14,16,18H2,1-4H3/t24-,25-,26-,28-,29+/m0/s1. The topological polar surface area (TPSA) is 40.5 Å². The predicted molar refractivity (Wildman–Crippen MR) is 129 cm³/mol. The monoisotopic (exact) mass is 429 g/mol. The van der Waals surface area contributed by atoms with Crippen molar-refractivity contribution < 1.29 is 9.90 Å². The number of ketones is 1. The van der Waals surface area contributed by atoms with Crippen molar-refractivity contribution in [3.8, 4) is 11.8 Å². The summed E-state index contributed by atoms with van der Waals surface area (Å²) in [7, 11) is 4.14. The van der Waals surface area contributed by atoms with E-state index in [1.165, 1.54) is 22.4 Å². The quantitative estimate of drug-likeness (QED) is 0.640. The van der Waals surface area contributed by atoms with E-state index in [0.717, 1.165) is 38.5 Å². The van der Waals surface area contributed by atoms with Crippen molar-refractivity contribution in [2.75, 3.05) is 19.0 Å². The third-order valence-corrected chi connectivity index (χ3v) is 9.03. The van der Waals surface area contributed by atoms with Crippen LogP contribution in [0.1, 0.15) is 70.3 Å². The second-order valence-electron chi connectivity index (χ2n) is 10.8. The number of benzene rings is 1. The Hall–Kier alpha value is -2.31. The van der Waals surface area contributed by atoms with Gasteiger partial charge in [-0.15, -0.1) is 5.92 Å². The number of anilines is 1. The van der Waals surface area contributed by atoms with Crippen molar-refractivity contribution in [2.45, 2.75) is 70.3 Å². The second kappa shape index (κ2) is 7.63. The highest BCUT2D eigenvalue weighted by molar-refractivity contribution is 5.93. The summed E-state index contributed by atoms with van der Waals surface area (Å²) in [5.41, 5.74) is 5.71. The highest BCUT2D eigenvalue weighted by atomic mass is 16.3. The molecule has 0 aliphatic heterocycles. The van der Waals surface area contributed by atoms with Crippen LogP contribution in [0.3, 0.4) is 0 Å². The number of hydrogen-bond donors (Lipinski definition) is 1. The molecule has 0 bridgehead atoms. The van der Waals surface area contributed by atoms with Gasteiger partial charge in [0.15, 0.2) is 5.78 Å². The molecule has 0 heterocycles. The van der Waals surface area contributed by atoms with Gasteiger partial charge in [-0.2, -0.15) is 0 Å². The lowest BCUT2D eigenvalue weighted by Gasteiger charge is -2.53. The molecular formula is C29H35NO2. The molecule has 5 rings (SSSR count). The molecule has 3 nitrogen and oxygen atoms in total. The van der Waals surface area contributed by atoms with Gasteiger partial charge in [-0.3, -0.25) is 4.79 Å². The molecule has 1 aromatic carbocycles. The minimum Gasteiger partial charge on any atom is -0.378 e. The summed E-state index contributed by atoms with van der Waals surface area (Å²) in [5, 5.41) is 11.7. The van der Waals surface area contributed by atoms with E-state index in [4.69, 9.17) is 0 Å². The maximum atomic E-state index is 12.2. The zero-order chi connectivity index (χ0) is 22.7. The van der Waals surface area contributed by atoms with Crippen LogP contribution in [0.5, 0.6) is 0 Å². The highest BCUT2D eigenvalue weighted by Gasteiger charge is 2.62. The molecule has 32 heavy (non-hydrogen) atoms. The van der Waals surface area contributed by atoms with E-state index in [1.807, 2.05) is 13.0 Å². The lowest BCUT2D eigenvalue weighted by Crippen LogP contribution is -2.51. The van der Waals surface area contributed by atoms with Gasteiger partial charge in [-0.1, -0.05) is 30.6 Å². The molecule has 3 heteroatoms. The lowest BCUT2D eigenvalue weighted by atomic mass is 9.51. The average Bonchev–Trinajstić information content (AvgIpc) is 3.03. The number of rotatable bonds is 2. The zero-order valence-corrected chi connectivity index (χ0v) is 19.9. The summed E-state index contributed by atoms with van der Waals surface area (Å²) in [5.74, 6) is 7.76. The van der Waals surface area contributed by atoms with Crippen LogP contribution in [0.25, 0.3) is 0 Å². The van der Waals surface area contributed by atoms with E-state index in [9.17, 15) is 9.90 Å². The van der Waals surface area contributed by atoms with Gasteiger partial charge in [-0.05, 0) is 92.2 Å². The Morgan fingerprint density at radius 3 is 2.53 bits per heavy atom. The molecule has 1 aromatic rings. The fourth-order valence-corrected chi connectivity index (χ4v) is 7.38. The number of nitrogens with zero attached hydrogens (tertiary/aromatic N) is 1. The Kier molecular flexibility index (Phi) is 5.13. The number of carbonyl (C=O) groups excluding carboxylic acids is 1. The normalized spacial score (nSPS) is 35.8. The van der Waals surface area contributed by atoms with E-state index in [-0.39, 0.29) is 17.1 Å². The summed E-state index contributed by atoms with van der Waals surface area (Å²) in [6, 6.07) is 8.97. The molecule has 0 saturated heterocycles. The van der Waals surface area contributed by atoms with Gasteiger partial charge in [0.1, 0.15) is 5.60 Å². The van der Waals surface area contributed by atoms with Crippen molar-refractivity contribution in [2.24, 2.45) is 17.3 Å². The van der Waals surface area contributed by atoms with Crippen LogP contribution in [0, 0.1) is 29.1 Å². The summed E-state index contributed by atoms with van der Waals surface area (Å²) in [4.78, 5) is 14.3. The zero-order valence-electron chi connectivity index (χ0n) is 19.9. The first kappa shape index (κ1) is 21.5. The molecule has 0 radical (unpaired) electrons. The number of carbonyl (C=O) groups is 1. The van der Waals surface area contributed by atoms with Crippen molar-refractivity contribution in [1.82, 2.24) is 0 Å². The summed E-state index contributed by atoms with van der Waals surface area (Å²) >= 11 is 0. The van der Waals surface area contributed by atoms with Gasteiger partial charge in [0.2, 0.25) is 0 Å². The van der Waals surface area contributed by atoms with Crippen molar-refractivity contribution in [3.05, 3.63) is 52.6 Å². The Morgan fingerprint density at radius 2 is 1.84 bits per heavy atom. The first-order chi connectivity index (χ1) is 15.3. The first-order valence-corrected chi connectivity index (χ1v) is 12.2. The SMILES string of the molecule is CC#C[C@@]1(O)CC[C@H]2[C@@H]3CCC4=CC(=O)CCC4=C3[C@H](c3ccc(N(C)C)cc3)C[C@@]21C. The van der Waals surface area contributed by atoms with Gasteiger partial charge >= 0.3 is 0 Å². The Labute approximate surface area is 192 Å². The molecule has 0 amide bonds. The second-order valence-corrected chi connectivity index (χ2v) is 10.8. The van der Waals surface area contributed by atoms with E-state index in [0.29, 0.717) is 18.3 Å². The molecule has 2 saturated carbocycles. The van der Waals surface area contributed by atoms with E-state index in [2.05, 4.69) is 62.0 Å². The molecule has 168 valence electrons. The van der Waals surface area contributed by atoms with Gasteiger partial charge in [0.25, 0.3) is 0 Å². The maximum Gasteiger partial charge on any atom is 0.156 e. The van der Waals surface area contributed by atoms with Gasteiger partial charge in [0, 0.05) is 37.5 Å². The molecular weight excluding hydrogens is 394 g/mol. The van der Waals surface area contributed by atoms with Gasteiger partial charge in [-0.25, -0.2) is 0 Å². The summed E-state index contributed by atoms with van der Waals surface area (Å²) < 4.78 is 0. The third kappa shape index (κ3) is 3.11. The molecule has 5 atom stereocenters. The summed E-state index contributed by atoms with van der Waals surface area (Å²) in [6.45, 7) is 4.15. The van der Waals surface area contributed by atoms with Crippen LogP contribution >= 0.6 is 0 Å². The van der Waals surface area contributed by atoms with Crippen LogP contribution in [-0.4, -0.2) is 30.6 Å². The Bertz CT molecular complexity index is 1070. The average molecular weight is 430 g/mol. The molecule has 0 unspecified atom stereocenters. The first-order valence-electron chi connectivity index (χ1n) is 12.2. The minimum absolute atomic E-state index is 0.221. The Morgan fingerprint density at radius 1 is 1.09 bits per heavy atom. The third-order valence-electron chi connectivity index (χ3n) is 9.03. The van der Waals surface area contributed by atoms with Crippen LogP contribution < -0.4 is 4.90 Å². The fourth-order valence-electron chi connectivity index (χ4n) is 7.38. The number of hydrogen-bond acceptors (Lipinski definition) is 3. The number of allylic oxidation sites excluding steroid dienone is 4. The fraction of sp³-hybridized carbons (Fsp3) is 0.552. The number of fused-ring (bicyclic) bond motifs is 4. The maximum absolute atomic E-state index is 12.2. The van der Waals surface area contributed by atoms with E-state index >= 15 is 0 Å². The summed E-state index contributed by atoms with van der Waals surface area (Å²) in [6.07, 6.45) is 8.23. The number of aliphatic hydroxyl groups is 1. The lowest BCUT2D eigenvalue weighted by molar-refractivity contribution is -0.114. The molecule has 0 spiro atoms. The van der Waals surface area contributed by atoms with Crippen molar-refractivity contribution >= 4 is 11.5 Å². The molecule has 4 aliphatic rings. The molecule has 0 aromatic heterocycles. The van der Waals surface area contributed by atoms with Crippen LogP contribution in [0.15, 0.2) is 47.1 Å². The predicted octanol–water partition coefficient (Wildman–Crippen LogP) is 5.41. The Balaban J connectivity index is 1.67. The van der Waals surface area contributed by atoms with E-state index in [1.54, 1.807) is 5.57 Å². The van der Waals surface area contributed by atoms with Gasteiger partial charge < -0.3 is 10.0 Å². The minimum atomic E-state index is -0.914. The van der Waals surface area contributed by atoms with Crippen molar-refractivity contribution in [3.63, 3.8) is 0 Å². The van der Waals surface area contributed by atoms with Crippen molar-refractivity contribution in [1.29, 1.82) is 0 Å². The van der Waals surface area contributed by atoms with Gasteiger partial charge in [0.05, 0.1) is 0 Å².